The van der Waals surface area contributed by atoms with Crippen molar-refractivity contribution in [3.63, 3.8) is 0 Å². The standard InChI is InChI=1S/C52H34/c1-2-12-35(13-3-1)40-28-29-42-34-44(31-30-41(42)32-40)52-49-21-8-6-19-47(49)51(48-20-7-9-22-50(48)52)43-17-10-16-39(33-43)36-24-26-38(27-25-36)46-23-11-15-37-14-4-5-18-45(37)46/h1-34H. The van der Waals surface area contributed by atoms with E-state index in [1.807, 2.05) is 0 Å². The van der Waals surface area contributed by atoms with Crippen LogP contribution in [0.15, 0.2) is 206 Å². The molecule has 52 heavy (non-hydrogen) atoms. The summed E-state index contributed by atoms with van der Waals surface area (Å²) in [5.74, 6) is 0. The second-order valence-corrected chi connectivity index (χ2v) is 13.7. The van der Waals surface area contributed by atoms with Crippen molar-refractivity contribution in [1.82, 2.24) is 0 Å². The average Bonchev–Trinajstić information content (AvgIpc) is 3.22. The van der Waals surface area contributed by atoms with Gasteiger partial charge in [0.25, 0.3) is 0 Å². The fraction of sp³-hybridized carbons (Fsp3) is 0. The molecule has 10 aromatic rings. The minimum Gasteiger partial charge on any atom is -0.0622 e. The zero-order valence-electron chi connectivity index (χ0n) is 28.6. The topological polar surface area (TPSA) is 0 Å². The molecular formula is C52H34. The van der Waals surface area contributed by atoms with Crippen LogP contribution in [0, 0.1) is 0 Å². The molecule has 0 aliphatic carbocycles. The van der Waals surface area contributed by atoms with Gasteiger partial charge >= 0.3 is 0 Å². The summed E-state index contributed by atoms with van der Waals surface area (Å²) in [6.07, 6.45) is 0. The van der Waals surface area contributed by atoms with Gasteiger partial charge in [-0.3, -0.25) is 0 Å². The molecule has 242 valence electrons. The quantitative estimate of drug-likeness (QED) is 0.161. The predicted octanol–water partition coefficient (Wildman–Crippen LogP) is 14.6. The van der Waals surface area contributed by atoms with Crippen molar-refractivity contribution in [3.8, 4) is 55.6 Å². The normalized spacial score (nSPS) is 11.5. The Kier molecular flexibility index (Phi) is 7.25. The van der Waals surface area contributed by atoms with Gasteiger partial charge in [0.05, 0.1) is 0 Å². The summed E-state index contributed by atoms with van der Waals surface area (Å²) in [6, 6.07) is 75.5. The maximum absolute atomic E-state index is 2.36. The highest BCUT2D eigenvalue weighted by Gasteiger charge is 2.17. The lowest BCUT2D eigenvalue weighted by Crippen LogP contribution is -1.91. The Morgan fingerprint density at radius 3 is 1.27 bits per heavy atom. The fourth-order valence-corrected chi connectivity index (χ4v) is 8.14. The van der Waals surface area contributed by atoms with E-state index in [4.69, 9.17) is 0 Å². The van der Waals surface area contributed by atoms with E-state index in [1.54, 1.807) is 0 Å². The Bertz CT molecular complexity index is 2870. The number of hydrogen-bond donors (Lipinski definition) is 0. The van der Waals surface area contributed by atoms with Crippen LogP contribution in [0.2, 0.25) is 0 Å². The highest BCUT2D eigenvalue weighted by atomic mass is 14.2. The van der Waals surface area contributed by atoms with Crippen molar-refractivity contribution in [1.29, 1.82) is 0 Å². The maximum Gasteiger partial charge on any atom is -0.00262 e. The zero-order valence-corrected chi connectivity index (χ0v) is 28.6. The monoisotopic (exact) mass is 658 g/mol. The summed E-state index contributed by atoms with van der Waals surface area (Å²) in [5, 5.41) is 10.1. The lowest BCUT2D eigenvalue weighted by atomic mass is 9.85. The molecule has 0 radical (unpaired) electrons. The van der Waals surface area contributed by atoms with Crippen LogP contribution in [0.1, 0.15) is 0 Å². The highest BCUT2D eigenvalue weighted by Crippen LogP contribution is 2.45. The molecule has 0 spiro atoms. The van der Waals surface area contributed by atoms with E-state index in [2.05, 4.69) is 206 Å². The summed E-state index contributed by atoms with van der Waals surface area (Å²) in [4.78, 5) is 0. The largest absolute Gasteiger partial charge is 0.0622 e. The molecule has 0 saturated heterocycles. The van der Waals surface area contributed by atoms with Crippen LogP contribution in [0.3, 0.4) is 0 Å². The number of hydrogen-bond acceptors (Lipinski definition) is 0. The van der Waals surface area contributed by atoms with E-state index < -0.39 is 0 Å². The Hall–Kier alpha value is -6.76. The van der Waals surface area contributed by atoms with Crippen LogP contribution < -0.4 is 0 Å². The third-order valence-electron chi connectivity index (χ3n) is 10.6. The molecule has 0 unspecified atom stereocenters. The Balaban J connectivity index is 1.09. The SMILES string of the molecule is c1ccc(-c2ccc3cc(-c4c5ccccc5c(-c5cccc(-c6ccc(-c7cccc8ccccc78)cc6)c5)c5ccccc45)ccc3c2)cc1. The Labute approximate surface area is 303 Å². The molecule has 0 amide bonds. The van der Waals surface area contributed by atoms with Crippen molar-refractivity contribution < 1.29 is 0 Å². The van der Waals surface area contributed by atoms with Gasteiger partial charge in [-0.15, -0.1) is 0 Å². The second kappa shape index (κ2) is 12.5. The Morgan fingerprint density at radius 1 is 0.192 bits per heavy atom. The van der Waals surface area contributed by atoms with Crippen LogP contribution in [-0.4, -0.2) is 0 Å². The average molecular weight is 659 g/mol. The van der Waals surface area contributed by atoms with Gasteiger partial charge in [0.2, 0.25) is 0 Å². The molecule has 10 rings (SSSR count). The number of benzene rings is 10. The number of fused-ring (bicyclic) bond motifs is 4. The maximum atomic E-state index is 2.36. The van der Waals surface area contributed by atoms with Crippen molar-refractivity contribution in [2.24, 2.45) is 0 Å². The van der Waals surface area contributed by atoms with E-state index in [0.717, 1.165) is 0 Å². The molecule has 0 atom stereocenters. The molecule has 0 aliphatic heterocycles. The van der Waals surface area contributed by atoms with Gasteiger partial charge < -0.3 is 0 Å². The van der Waals surface area contributed by atoms with Crippen LogP contribution >= 0.6 is 0 Å². The summed E-state index contributed by atoms with van der Waals surface area (Å²) in [5.41, 5.74) is 12.4. The van der Waals surface area contributed by atoms with Gasteiger partial charge in [0.1, 0.15) is 0 Å². The van der Waals surface area contributed by atoms with Gasteiger partial charge in [-0.2, -0.15) is 0 Å². The van der Waals surface area contributed by atoms with Crippen LogP contribution in [0.5, 0.6) is 0 Å². The third kappa shape index (κ3) is 5.16. The molecule has 0 aromatic heterocycles. The minimum atomic E-state index is 1.21. The smallest absolute Gasteiger partial charge is 0.00262 e. The number of rotatable bonds is 5. The second-order valence-electron chi connectivity index (χ2n) is 13.7. The molecule has 0 N–H and O–H groups in total. The molecule has 0 heteroatoms. The first-order valence-corrected chi connectivity index (χ1v) is 18.0. The molecule has 0 heterocycles. The Morgan fingerprint density at radius 2 is 0.596 bits per heavy atom. The molecular weight excluding hydrogens is 625 g/mol. The summed E-state index contributed by atoms with van der Waals surface area (Å²) in [6.45, 7) is 0. The van der Waals surface area contributed by atoms with Crippen molar-refractivity contribution >= 4 is 43.1 Å². The first-order chi connectivity index (χ1) is 25.8. The molecule has 0 saturated carbocycles. The lowest BCUT2D eigenvalue weighted by Gasteiger charge is -2.18. The van der Waals surface area contributed by atoms with Crippen molar-refractivity contribution in [2.75, 3.05) is 0 Å². The van der Waals surface area contributed by atoms with Crippen LogP contribution in [-0.2, 0) is 0 Å². The summed E-state index contributed by atoms with van der Waals surface area (Å²) < 4.78 is 0. The fourth-order valence-electron chi connectivity index (χ4n) is 8.14. The minimum absolute atomic E-state index is 1.21. The van der Waals surface area contributed by atoms with Crippen molar-refractivity contribution in [3.05, 3.63) is 206 Å². The van der Waals surface area contributed by atoms with Gasteiger partial charge in [0.15, 0.2) is 0 Å². The third-order valence-corrected chi connectivity index (χ3v) is 10.6. The van der Waals surface area contributed by atoms with Gasteiger partial charge in [0, 0.05) is 0 Å². The first-order valence-electron chi connectivity index (χ1n) is 18.0. The molecule has 0 bridgehead atoms. The zero-order chi connectivity index (χ0) is 34.4. The van der Waals surface area contributed by atoms with E-state index >= 15 is 0 Å². The van der Waals surface area contributed by atoms with Crippen LogP contribution in [0.4, 0.5) is 0 Å². The van der Waals surface area contributed by atoms with Crippen LogP contribution in [0.25, 0.3) is 98.7 Å². The van der Waals surface area contributed by atoms with E-state index in [-0.39, 0.29) is 0 Å². The van der Waals surface area contributed by atoms with E-state index in [1.165, 1.54) is 98.7 Å². The molecule has 0 fully saturated rings. The van der Waals surface area contributed by atoms with E-state index in [0.29, 0.717) is 0 Å². The lowest BCUT2D eigenvalue weighted by molar-refractivity contribution is 1.60. The summed E-state index contributed by atoms with van der Waals surface area (Å²) in [7, 11) is 0. The van der Waals surface area contributed by atoms with E-state index in [9.17, 15) is 0 Å². The van der Waals surface area contributed by atoms with Gasteiger partial charge in [-0.1, -0.05) is 188 Å². The molecule has 10 aromatic carbocycles. The molecule has 0 nitrogen and oxygen atoms in total. The first kappa shape index (κ1) is 30.1. The van der Waals surface area contributed by atoms with Gasteiger partial charge in [-0.05, 0) is 117 Å². The summed E-state index contributed by atoms with van der Waals surface area (Å²) >= 11 is 0. The van der Waals surface area contributed by atoms with Crippen molar-refractivity contribution in [2.45, 2.75) is 0 Å². The highest BCUT2D eigenvalue weighted by molar-refractivity contribution is 6.22. The predicted molar refractivity (Wildman–Crippen MR) is 224 cm³/mol. The molecule has 0 aliphatic rings. The van der Waals surface area contributed by atoms with Gasteiger partial charge in [-0.25, -0.2) is 0 Å².